The maximum atomic E-state index is 13.7. The molecule has 0 amide bonds. The van der Waals surface area contributed by atoms with Crippen LogP contribution in [0.5, 0.6) is 5.75 Å². The van der Waals surface area contributed by atoms with Gasteiger partial charge in [0.2, 0.25) is 0 Å². The molecule has 4 aliphatic carbocycles. The predicted octanol–water partition coefficient (Wildman–Crippen LogP) is 5.02. The van der Waals surface area contributed by atoms with Crippen molar-refractivity contribution in [1.29, 1.82) is 0 Å². The SMILES string of the molecule is C=C(Oc1ccccc1)[C@@]1(O)CC[C@H]2[C@@H]3CCC4=CC(=O)CC[C@]4(C)[C@H]3C(=O)C[C@@]21C. The van der Waals surface area contributed by atoms with Crippen molar-refractivity contribution in [2.45, 2.75) is 64.4 Å². The molecule has 0 bridgehead atoms. The van der Waals surface area contributed by atoms with E-state index in [1.807, 2.05) is 36.4 Å². The summed E-state index contributed by atoms with van der Waals surface area (Å²) >= 11 is 0. The molecule has 0 heterocycles. The second kappa shape index (κ2) is 6.90. The van der Waals surface area contributed by atoms with Gasteiger partial charge in [-0.25, -0.2) is 0 Å². The average Bonchev–Trinajstić information content (AvgIpc) is 3.00. The first-order valence-electron chi connectivity index (χ1n) is 11.6. The van der Waals surface area contributed by atoms with Gasteiger partial charge in [-0.15, -0.1) is 0 Å². The molecule has 0 spiro atoms. The third-order valence-corrected chi connectivity index (χ3v) is 9.25. The van der Waals surface area contributed by atoms with E-state index in [2.05, 4.69) is 20.4 Å². The van der Waals surface area contributed by atoms with Crippen LogP contribution in [-0.4, -0.2) is 22.3 Å². The Bertz CT molecular complexity index is 978. The van der Waals surface area contributed by atoms with Gasteiger partial charge in [0.05, 0.1) is 0 Å². The lowest BCUT2D eigenvalue weighted by Gasteiger charge is -2.58. The molecule has 4 heteroatoms. The standard InChI is InChI=1S/C27H32O4/c1-17(31-20-7-5-4-6-8-20)27(30)14-12-22-21-10-9-18-15-19(28)11-13-25(18,2)24(21)23(29)16-26(22,27)3/h4-8,15,21-22,24,30H,1,9-14,16H2,2-3H3/t21-,22-,24+,25-,26-,27-/m0/s1. The van der Waals surface area contributed by atoms with Gasteiger partial charge in [0.25, 0.3) is 0 Å². The van der Waals surface area contributed by atoms with Gasteiger partial charge < -0.3 is 9.84 Å². The minimum Gasteiger partial charge on any atom is -0.459 e. The fourth-order valence-corrected chi connectivity index (χ4v) is 7.56. The van der Waals surface area contributed by atoms with Crippen LogP contribution >= 0.6 is 0 Å². The molecule has 0 saturated heterocycles. The number of carbonyl (C=O) groups is 2. The summed E-state index contributed by atoms with van der Waals surface area (Å²) in [6.07, 6.45) is 6.67. The lowest BCUT2D eigenvalue weighted by atomic mass is 9.46. The molecule has 1 aromatic rings. The fourth-order valence-electron chi connectivity index (χ4n) is 7.56. The predicted molar refractivity (Wildman–Crippen MR) is 118 cm³/mol. The smallest absolute Gasteiger partial charge is 0.155 e. The average molecular weight is 421 g/mol. The normalized spacial score (nSPS) is 41.6. The highest BCUT2D eigenvalue weighted by Gasteiger charge is 2.67. The van der Waals surface area contributed by atoms with Crippen LogP contribution in [-0.2, 0) is 9.59 Å². The number of allylic oxidation sites excluding steroid dienone is 1. The Hall–Kier alpha value is -2.20. The third kappa shape index (κ3) is 2.83. The maximum Gasteiger partial charge on any atom is 0.155 e. The van der Waals surface area contributed by atoms with Crippen LogP contribution in [0, 0.1) is 28.6 Å². The molecule has 3 fully saturated rings. The molecule has 4 aliphatic rings. The molecule has 3 saturated carbocycles. The van der Waals surface area contributed by atoms with Crippen LogP contribution in [0.4, 0.5) is 0 Å². The second-order valence-corrected chi connectivity index (χ2v) is 10.6. The highest BCUT2D eigenvalue weighted by atomic mass is 16.5. The molecule has 1 aromatic carbocycles. The van der Waals surface area contributed by atoms with Crippen LogP contribution in [0.3, 0.4) is 0 Å². The van der Waals surface area contributed by atoms with Crippen molar-refractivity contribution in [2.24, 2.45) is 28.6 Å². The number of Topliss-reactive ketones (excluding diaryl/α,β-unsaturated/α-hetero) is 1. The quantitative estimate of drug-likeness (QED) is 0.698. The van der Waals surface area contributed by atoms with Crippen LogP contribution in [0.15, 0.2) is 54.3 Å². The molecule has 4 nitrogen and oxygen atoms in total. The highest BCUT2D eigenvalue weighted by molar-refractivity contribution is 5.93. The molecule has 31 heavy (non-hydrogen) atoms. The van der Waals surface area contributed by atoms with E-state index in [9.17, 15) is 14.7 Å². The van der Waals surface area contributed by atoms with E-state index in [0.29, 0.717) is 30.8 Å². The van der Waals surface area contributed by atoms with E-state index in [1.165, 1.54) is 5.57 Å². The largest absolute Gasteiger partial charge is 0.459 e. The highest BCUT2D eigenvalue weighted by Crippen LogP contribution is 2.67. The van der Waals surface area contributed by atoms with Crippen LogP contribution in [0.1, 0.15) is 58.8 Å². The van der Waals surface area contributed by atoms with E-state index in [1.54, 1.807) is 0 Å². The Morgan fingerprint density at radius 2 is 1.84 bits per heavy atom. The monoisotopic (exact) mass is 420 g/mol. The van der Waals surface area contributed by atoms with Gasteiger partial charge in [-0.2, -0.15) is 0 Å². The van der Waals surface area contributed by atoms with E-state index in [4.69, 9.17) is 4.74 Å². The van der Waals surface area contributed by atoms with Crippen molar-refractivity contribution >= 4 is 11.6 Å². The van der Waals surface area contributed by atoms with Gasteiger partial charge in [0.1, 0.15) is 22.9 Å². The van der Waals surface area contributed by atoms with Crippen LogP contribution in [0.2, 0.25) is 0 Å². The van der Waals surface area contributed by atoms with Gasteiger partial charge in [-0.05, 0) is 67.6 Å². The lowest BCUT2D eigenvalue weighted by molar-refractivity contribution is -0.157. The van der Waals surface area contributed by atoms with Crippen molar-refractivity contribution in [3.05, 3.63) is 54.3 Å². The molecule has 1 N–H and O–H groups in total. The number of aliphatic hydroxyl groups is 1. The Kier molecular flexibility index (Phi) is 4.60. The number of ether oxygens (including phenoxy) is 1. The van der Waals surface area contributed by atoms with E-state index < -0.39 is 11.0 Å². The number of carbonyl (C=O) groups excluding carboxylic acids is 2. The Morgan fingerprint density at radius 3 is 2.58 bits per heavy atom. The summed E-state index contributed by atoms with van der Waals surface area (Å²) in [6.45, 7) is 8.39. The first kappa shape index (κ1) is 20.7. The van der Waals surface area contributed by atoms with Crippen molar-refractivity contribution in [1.82, 2.24) is 0 Å². The van der Waals surface area contributed by atoms with Gasteiger partial charge >= 0.3 is 0 Å². The van der Waals surface area contributed by atoms with Crippen molar-refractivity contribution in [2.75, 3.05) is 0 Å². The van der Waals surface area contributed by atoms with Crippen molar-refractivity contribution in [3.8, 4) is 5.75 Å². The Labute approximate surface area is 184 Å². The number of ketones is 2. The van der Waals surface area contributed by atoms with Crippen molar-refractivity contribution in [3.63, 3.8) is 0 Å². The molecular weight excluding hydrogens is 388 g/mol. The summed E-state index contributed by atoms with van der Waals surface area (Å²) in [5.74, 6) is 1.86. The number of rotatable bonds is 3. The lowest BCUT2D eigenvalue weighted by Crippen LogP contribution is -2.59. The number of para-hydroxylation sites is 1. The summed E-state index contributed by atoms with van der Waals surface area (Å²) in [4.78, 5) is 25.7. The third-order valence-electron chi connectivity index (χ3n) is 9.25. The zero-order valence-corrected chi connectivity index (χ0v) is 18.5. The summed E-state index contributed by atoms with van der Waals surface area (Å²) < 4.78 is 6.00. The molecule has 0 aromatic heterocycles. The van der Waals surface area contributed by atoms with E-state index in [0.717, 1.165) is 25.7 Å². The summed E-state index contributed by atoms with van der Waals surface area (Å²) in [5, 5.41) is 11.9. The molecule has 0 unspecified atom stereocenters. The van der Waals surface area contributed by atoms with Gasteiger partial charge in [-0.1, -0.05) is 44.2 Å². The molecule has 6 atom stereocenters. The van der Waals surface area contributed by atoms with Crippen molar-refractivity contribution < 1.29 is 19.4 Å². The first-order valence-corrected chi connectivity index (χ1v) is 11.6. The first-order chi connectivity index (χ1) is 14.7. The maximum absolute atomic E-state index is 13.7. The fraction of sp³-hybridized carbons (Fsp3) is 0.556. The minimum atomic E-state index is -1.23. The summed E-state index contributed by atoms with van der Waals surface area (Å²) in [6, 6.07) is 9.41. The Morgan fingerprint density at radius 1 is 1.10 bits per heavy atom. The van der Waals surface area contributed by atoms with Crippen LogP contribution < -0.4 is 4.74 Å². The van der Waals surface area contributed by atoms with E-state index in [-0.39, 0.29) is 34.7 Å². The number of benzene rings is 1. The number of fused-ring (bicyclic) bond motifs is 5. The van der Waals surface area contributed by atoms with Gasteiger partial charge in [0.15, 0.2) is 5.78 Å². The Balaban J connectivity index is 1.47. The minimum absolute atomic E-state index is 0.0515. The molecule has 0 radical (unpaired) electrons. The zero-order chi connectivity index (χ0) is 22.0. The molecule has 0 aliphatic heterocycles. The van der Waals surface area contributed by atoms with Gasteiger partial charge in [0, 0.05) is 24.2 Å². The number of hydrogen-bond acceptors (Lipinski definition) is 4. The molecular formula is C27H32O4. The summed E-state index contributed by atoms with van der Waals surface area (Å²) in [7, 11) is 0. The number of hydrogen-bond donors (Lipinski definition) is 1. The molecule has 5 rings (SSSR count). The second-order valence-electron chi connectivity index (χ2n) is 10.6. The van der Waals surface area contributed by atoms with Crippen LogP contribution in [0.25, 0.3) is 0 Å². The topological polar surface area (TPSA) is 63.6 Å². The van der Waals surface area contributed by atoms with E-state index >= 15 is 0 Å². The molecule has 164 valence electrons. The van der Waals surface area contributed by atoms with Gasteiger partial charge in [-0.3, -0.25) is 9.59 Å². The zero-order valence-electron chi connectivity index (χ0n) is 18.5. The summed E-state index contributed by atoms with van der Waals surface area (Å²) in [5.41, 5.74) is -0.854.